The van der Waals surface area contributed by atoms with Gasteiger partial charge in [-0.1, -0.05) is 134 Å². The fourth-order valence-corrected chi connectivity index (χ4v) is 5.33. The van der Waals surface area contributed by atoms with Gasteiger partial charge in [0.1, 0.15) is 0 Å². The summed E-state index contributed by atoms with van der Waals surface area (Å²) in [6.45, 7) is 4.45. The van der Waals surface area contributed by atoms with Gasteiger partial charge < -0.3 is 10.4 Å². The van der Waals surface area contributed by atoms with Crippen LogP contribution in [0.4, 0.5) is 0 Å². The third-order valence-corrected chi connectivity index (χ3v) is 7.83. The second kappa shape index (κ2) is 27.7. The first-order valence-electron chi connectivity index (χ1n) is 16.2. The lowest BCUT2D eigenvalue weighted by molar-refractivity contribution is -0.122. The molecule has 0 aliphatic carbocycles. The highest BCUT2D eigenvalue weighted by Gasteiger charge is 2.24. The number of carbonyl (C=O) groups excluding carboxylic acids is 1. The first kappa shape index (κ1) is 38.6. The molecule has 1 amide bonds. The Morgan fingerprint density at radius 3 is 1.57 bits per heavy atom. The average molecular weight is 584 g/mol. The Morgan fingerprint density at radius 1 is 0.650 bits per heavy atom. The fourth-order valence-electron chi connectivity index (χ4n) is 4.60. The Hall–Kier alpha value is -1.44. The summed E-state index contributed by atoms with van der Waals surface area (Å²) in [6, 6.07) is -1.07. The second-order valence-electron chi connectivity index (χ2n) is 11.1. The van der Waals surface area contributed by atoms with Crippen LogP contribution in [0.1, 0.15) is 149 Å². The number of rotatable bonds is 28. The van der Waals surface area contributed by atoms with Gasteiger partial charge in [0.05, 0.1) is 17.9 Å². The largest absolute Gasteiger partial charge is 0.387 e. The third-order valence-electron chi connectivity index (χ3n) is 7.05. The molecular weight excluding hydrogens is 522 g/mol. The maximum absolute atomic E-state index is 12.4. The molecule has 40 heavy (non-hydrogen) atoms. The Bertz CT molecular complexity index is 776. The van der Waals surface area contributed by atoms with Crippen molar-refractivity contribution in [2.24, 2.45) is 0 Å². The van der Waals surface area contributed by atoms with Gasteiger partial charge in [-0.2, -0.15) is 8.42 Å². The molecule has 0 aliphatic rings. The van der Waals surface area contributed by atoms with Crippen molar-refractivity contribution in [2.45, 2.75) is 161 Å². The van der Waals surface area contributed by atoms with Gasteiger partial charge in [0, 0.05) is 6.42 Å². The van der Waals surface area contributed by atoms with Crippen LogP contribution < -0.4 is 5.32 Å². The van der Waals surface area contributed by atoms with Crippen LogP contribution in [0.15, 0.2) is 36.5 Å². The topological polar surface area (TPSA) is 104 Å². The van der Waals surface area contributed by atoms with Crippen molar-refractivity contribution in [1.29, 1.82) is 0 Å². The predicted molar refractivity (Wildman–Crippen MR) is 170 cm³/mol. The zero-order valence-corrected chi connectivity index (χ0v) is 26.5. The number of aliphatic hydroxyl groups excluding tert-OH is 1. The lowest BCUT2D eigenvalue weighted by Crippen LogP contribution is -2.46. The zero-order chi connectivity index (χ0) is 29.7. The number of amides is 1. The normalized spacial score (nSPS) is 14.0. The smallest absolute Gasteiger partial charge is 0.267 e. The SMILES string of the molecule is CCCCCCC/C=C/CC/C=C/CC/C=C/C(O)C(CS(=O)(=O)O)NC(=O)CCCCCCCCCCCC. The number of unbranched alkanes of at least 4 members (excludes halogenated alkanes) is 16. The van der Waals surface area contributed by atoms with Gasteiger partial charge in [-0.3, -0.25) is 9.35 Å². The molecule has 234 valence electrons. The van der Waals surface area contributed by atoms with Gasteiger partial charge in [0.2, 0.25) is 5.91 Å². The molecule has 0 spiro atoms. The molecule has 2 atom stereocenters. The quantitative estimate of drug-likeness (QED) is 0.0486. The van der Waals surface area contributed by atoms with E-state index in [0.717, 1.165) is 38.5 Å². The van der Waals surface area contributed by atoms with Crippen LogP contribution in [0.25, 0.3) is 0 Å². The van der Waals surface area contributed by atoms with Crippen LogP contribution >= 0.6 is 0 Å². The summed E-state index contributed by atoms with van der Waals surface area (Å²) in [4.78, 5) is 12.4. The maximum atomic E-state index is 12.4. The summed E-state index contributed by atoms with van der Waals surface area (Å²) in [7, 11) is -4.34. The van der Waals surface area contributed by atoms with Crippen LogP contribution in [0.2, 0.25) is 0 Å². The molecule has 0 aromatic rings. The first-order valence-corrected chi connectivity index (χ1v) is 17.8. The van der Waals surface area contributed by atoms with Gasteiger partial charge >= 0.3 is 0 Å². The fraction of sp³-hybridized carbons (Fsp3) is 0.788. The van der Waals surface area contributed by atoms with Crippen molar-refractivity contribution in [3.05, 3.63) is 36.5 Å². The summed E-state index contributed by atoms with van der Waals surface area (Å²) in [5.41, 5.74) is 0. The van der Waals surface area contributed by atoms with Crippen molar-refractivity contribution in [3.63, 3.8) is 0 Å². The lowest BCUT2D eigenvalue weighted by Gasteiger charge is -2.21. The Balaban J connectivity index is 4.16. The van der Waals surface area contributed by atoms with Crippen molar-refractivity contribution >= 4 is 16.0 Å². The van der Waals surface area contributed by atoms with E-state index in [0.29, 0.717) is 6.42 Å². The highest BCUT2D eigenvalue weighted by Crippen LogP contribution is 2.12. The minimum Gasteiger partial charge on any atom is -0.387 e. The van der Waals surface area contributed by atoms with Crippen molar-refractivity contribution in [3.8, 4) is 0 Å². The molecule has 3 N–H and O–H groups in total. The predicted octanol–water partition coefficient (Wildman–Crippen LogP) is 8.62. The minimum absolute atomic E-state index is 0.286. The van der Waals surface area contributed by atoms with Gasteiger partial charge in [0.15, 0.2) is 0 Å². The van der Waals surface area contributed by atoms with Crippen LogP contribution in [-0.4, -0.2) is 41.9 Å². The molecule has 0 aliphatic heterocycles. The Labute approximate surface area is 246 Å². The van der Waals surface area contributed by atoms with Gasteiger partial charge in [0.25, 0.3) is 10.1 Å². The van der Waals surface area contributed by atoms with E-state index in [1.807, 2.05) is 0 Å². The number of carbonyl (C=O) groups is 1. The van der Waals surface area contributed by atoms with Crippen molar-refractivity contribution in [2.75, 3.05) is 5.75 Å². The van der Waals surface area contributed by atoms with E-state index in [1.54, 1.807) is 6.08 Å². The van der Waals surface area contributed by atoms with E-state index < -0.39 is 28.0 Å². The highest BCUT2D eigenvalue weighted by atomic mass is 32.2. The van der Waals surface area contributed by atoms with E-state index in [9.17, 15) is 22.9 Å². The molecule has 2 unspecified atom stereocenters. The summed E-state index contributed by atoms with van der Waals surface area (Å²) < 4.78 is 32.2. The summed E-state index contributed by atoms with van der Waals surface area (Å²) in [5, 5.41) is 13.1. The summed E-state index contributed by atoms with van der Waals surface area (Å²) in [5.74, 6) is -1.01. The van der Waals surface area contributed by atoms with Crippen LogP contribution in [0, 0.1) is 0 Å². The molecule has 0 rings (SSSR count). The molecule has 7 heteroatoms. The monoisotopic (exact) mass is 583 g/mol. The lowest BCUT2D eigenvalue weighted by atomic mass is 10.1. The van der Waals surface area contributed by atoms with E-state index >= 15 is 0 Å². The third kappa shape index (κ3) is 28.1. The number of aliphatic hydroxyl groups is 1. The molecule has 0 heterocycles. The van der Waals surface area contributed by atoms with E-state index in [1.165, 1.54) is 89.5 Å². The second-order valence-corrected chi connectivity index (χ2v) is 12.6. The summed E-state index contributed by atoms with van der Waals surface area (Å²) in [6.07, 6.45) is 34.1. The summed E-state index contributed by atoms with van der Waals surface area (Å²) >= 11 is 0. The van der Waals surface area contributed by atoms with E-state index in [2.05, 4.69) is 43.5 Å². The molecule has 0 saturated carbocycles. The van der Waals surface area contributed by atoms with Gasteiger partial charge in [-0.25, -0.2) is 0 Å². The van der Waals surface area contributed by atoms with Gasteiger partial charge in [-0.05, 0) is 44.9 Å². The van der Waals surface area contributed by atoms with Gasteiger partial charge in [-0.15, -0.1) is 0 Å². The molecule has 0 fully saturated rings. The zero-order valence-electron chi connectivity index (χ0n) is 25.7. The Morgan fingerprint density at radius 2 is 1.07 bits per heavy atom. The average Bonchev–Trinajstić information content (AvgIpc) is 2.90. The van der Waals surface area contributed by atoms with Crippen LogP contribution in [0.5, 0.6) is 0 Å². The van der Waals surface area contributed by atoms with Crippen molar-refractivity contribution < 1.29 is 22.9 Å². The minimum atomic E-state index is -4.34. The Kier molecular flexibility index (Phi) is 26.7. The molecule has 0 saturated heterocycles. The van der Waals surface area contributed by atoms with Crippen LogP contribution in [-0.2, 0) is 14.9 Å². The molecule has 0 aromatic carbocycles. The maximum Gasteiger partial charge on any atom is 0.267 e. The van der Waals surface area contributed by atoms with Crippen LogP contribution in [0.3, 0.4) is 0 Å². The molecule has 0 radical (unpaired) electrons. The number of hydrogen-bond acceptors (Lipinski definition) is 4. The first-order chi connectivity index (χ1) is 19.3. The highest BCUT2D eigenvalue weighted by molar-refractivity contribution is 7.85. The number of nitrogens with one attached hydrogen (secondary N) is 1. The molecule has 6 nitrogen and oxygen atoms in total. The van der Waals surface area contributed by atoms with E-state index in [-0.39, 0.29) is 12.3 Å². The number of allylic oxidation sites excluding steroid dienone is 5. The molecule has 0 bridgehead atoms. The molecular formula is C33H61NO5S. The standard InChI is InChI=1S/C33H61NO5S/c1-3-5-7-9-11-13-15-16-17-18-19-20-22-24-26-28-32(35)31(30-40(37,38)39)34-33(36)29-27-25-23-21-14-12-10-8-6-4-2/h15-16,19-20,26,28,31-32,35H,3-14,17-18,21-25,27,29-30H2,1-2H3,(H,34,36)(H,37,38,39)/b16-15+,20-19+,28-26+. The molecule has 0 aromatic heterocycles. The number of hydrogen-bond donors (Lipinski definition) is 3. The van der Waals surface area contributed by atoms with Crippen molar-refractivity contribution in [1.82, 2.24) is 5.32 Å². The van der Waals surface area contributed by atoms with E-state index in [4.69, 9.17) is 0 Å².